The van der Waals surface area contributed by atoms with Crippen molar-refractivity contribution in [2.75, 3.05) is 19.6 Å². The maximum Gasteiger partial charge on any atom is 0.234 e. The molecule has 92 valence electrons. The van der Waals surface area contributed by atoms with E-state index in [1.54, 1.807) is 0 Å². The molecule has 0 radical (unpaired) electrons. The summed E-state index contributed by atoms with van der Waals surface area (Å²) in [4.78, 5) is 40.2. The van der Waals surface area contributed by atoms with Gasteiger partial charge in [-0.15, -0.1) is 0 Å². The summed E-state index contributed by atoms with van der Waals surface area (Å²) in [5.41, 5.74) is 0. The molecule has 0 aliphatic carbocycles. The smallest absolute Gasteiger partial charge is 0.211 e. The zero-order chi connectivity index (χ0) is 12.8. The second-order valence-electron chi connectivity index (χ2n) is 3.53. The summed E-state index contributed by atoms with van der Waals surface area (Å²) in [7, 11) is 0. The van der Waals surface area contributed by atoms with Gasteiger partial charge >= 0.3 is 0 Å². The fourth-order valence-corrected chi connectivity index (χ4v) is 1.50. The maximum absolute atomic E-state index is 10.0. The molecule has 0 heterocycles. The van der Waals surface area contributed by atoms with Gasteiger partial charge in [-0.05, 0) is 31.6 Å². The van der Waals surface area contributed by atoms with Crippen LogP contribution in [0.2, 0.25) is 0 Å². The lowest BCUT2D eigenvalue weighted by atomic mass is 9.98. The van der Waals surface area contributed by atoms with Gasteiger partial charge in [-0.25, -0.2) is 29.4 Å². The van der Waals surface area contributed by atoms with E-state index in [0.29, 0.717) is 19.6 Å². The highest BCUT2D eigenvalue weighted by molar-refractivity contribution is 5.33. The minimum Gasteiger partial charge on any atom is -0.211 e. The number of isocyanates is 3. The highest BCUT2D eigenvalue weighted by Gasteiger charge is 2.07. The molecule has 17 heavy (non-hydrogen) atoms. The zero-order valence-electron chi connectivity index (χ0n) is 9.59. The lowest BCUT2D eigenvalue weighted by Gasteiger charge is -2.11. The van der Waals surface area contributed by atoms with E-state index >= 15 is 0 Å². The summed E-state index contributed by atoms with van der Waals surface area (Å²) < 4.78 is 0. The molecule has 6 heteroatoms. The number of carbonyl (C=O) groups excluding carboxylic acids is 3. The van der Waals surface area contributed by atoms with Gasteiger partial charge in [-0.2, -0.15) is 0 Å². The third-order valence-corrected chi connectivity index (χ3v) is 2.31. The average molecular weight is 237 g/mol. The Bertz CT molecular complexity index is 314. The van der Waals surface area contributed by atoms with Crippen LogP contribution in [0.5, 0.6) is 0 Å². The van der Waals surface area contributed by atoms with Gasteiger partial charge in [0, 0.05) is 0 Å². The first-order valence-corrected chi connectivity index (χ1v) is 5.46. The van der Waals surface area contributed by atoms with Gasteiger partial charge in [-0.3, -0.25) is 0 Å². The van der Waals surface area contributed by atoms with Crippen LogP contribution in [-0.4, -0.2) is 37.9 Å². The molecular formula is C11H15N3O3. The third kappa shape index (κ3) is 10.4. The number of nitrogens with zero attached hydrogens (tertiary/aromatic N) is 3. The molecule has 0 bridgehead atoms. The standard InChI is InChI=1S/C11H15N3O3/c15-8-12-5-1-3-11(7-14-10-17)4-2-6-13-9-16/h11H,1-7H2. The summed E-state index contributed by atoms with van der Waals surface area (Å²) in [6, 6.07) is 0. The van der Waals surface area contributed by atoms with E-state index in [9.17, 15) is 14.4 Å². The van der Waals surface area contributed by atoms with Crippen molar-refractivity contribution in [3.05, 3.63) is 0 Å². The highest BCUT2D eigenvalue weighted by Crippen LogP contribution is 2.14. The van der Waals surface area contributed by atoms with Crippen LogP contribution in [-0.2, 0) is 14.4 Å². The molecule has 0 aliphatic heterocycles. The summed E-state index contributed by atoms with van der Waals surface area (Å²) in [5.74, 6) is 0.236. The number of aliphatic imine (C=N–C) groups is 3. The molecule has 0 aromatic carbocycles. The quantitative estimate of drug-likeness (QED) is 0.324. The fourth-order valence-electron chi connectivity index (χ4n) is 1.50. The van der Waals surface area contributed by atoms with Crippen LogP contribution in [0.1, 0.15) is 25.7 Å². The summed E-state index contributed by atoms with van der Waals surface area (Å²) in [6.07, 6.45) is 7.61. The fraction of sp³-hybridized carbons (Fsp3) is 0.727. The van der Waals surface area contributed by atoms with E-state index in [-0.39, 0.29) is 5.92 Å². The molecule has 0 aromatic rings. The number of hydrogen-bond donors (Lipinski definition) is 0. The summed E-state index contributed by atoms with van der Waals surface area (Å²) in [6.45, 7) is 1.30. The van der Waals surface area contributed by atoms with Crippen molar-refractivity contribution in [1.82, 2.24) is 0 Å². The zero-order valence-corrected chi connectivity index (χ0v) is 9.59. The average Bonchev–Trinajstić information content (AvgIpc) is 2.35. The molecule has 0 unspecified atom stereocenters. The Morgan fingerprint density at radius 3 is 1.65 bits per heavy atom. The van der Waals surface area contributed by atoms with E-state index in [0.717, 1.165) is 25.7 Å². The van der Waals surface area contributed by atoms with E-state index < -0.39 is 0 Å². The SMILES string of the molecule is O=C=NCCCC(CCCN=C=O)CN=C=O. The minimum atomic E-state index is 0.236. The Balaban J connectivity index is 3.89. The van der Waals surface area contributed by atoms with Crippen molar-refractivity contribution in [3.63, 3.8) is 0 Å². The molecule has 6 nitrogen and oxygen atoms in total. The first kappa shape index (κ1) is 15.1. The predicted molar refractivity (Wildman–Crippen MR) is 60.9 cm³/mol. The van der Waals surface area contributed by atoms with Gasteiger partial charge in [0.1, 0.15) is 0 Å². The van der Waals surface area contributed by atoms with Gasteiger partial charge in [0.05, 0.1) is 19.6 Å². The Morgan fingerprint density at radius 1 is 0.765 bits per heavy atom. The molecule has 0 rings (SSSR count). The van der Waals surface area contributed by atoms with Crippen LogP contribution in [0.3, 0.4) is 0 Å². The van der Waals surface area contributed by atoms with Crippen molar-refractivity contribution < 1.29 is 14.4 Å². The van der Waals surface area contributed by atoms with Gasteiger partial charge in [-0.1, -0.05) is 0 Å². The van der Waals surface area contributed by atoms with E-state index in [1.165, 1.54) is 18.2 Å². The van der Waals surface area contributed by atoms with Crippen molar-refractivity contribution in [2.45, 2.75) is 25.7 Å². The Morgan fingerprint density at radius 2 is 1.24 bits per heavy atom. The number of rotatable bonds is 10. The molecule has 0 N–H and O–H groups in total. The van der Waals surface area contributed by atoms with Crippen LogP contribution in [0.4, 0.5) is 0 Å². The third-order valence-electron chi connectivity index (χ3n) is 2.31. The van der Waals surface area contributed by atoms with Crippen LogP contribution < -0.4 is 0 Å². The Kier molecular flexibility index (Phi) is 10.9. The van der Waals surface area contributed by atoms with Gasteiger partial charge in [0.2, 0.25) is 18.2 Å². The molecule has 0 atom stereocenters. The Labute approximate surface area is 99.6 Å². The first-order valence-electron chi connectivity index (χ1n) is 5.46. The highest BCUT2D eigenvalue weighted by atomic mass is 16.1. The predicted octanol–water partition coefficient (Wildman–Crippen LogP) is 1.17. The summed E-state index contributed by atoms with van der Waals surface area (Å²) in [5, 5.41) is 0. The van der Waals surface area contributed by atoms with Gasteiger partial charge < -0.3 is 0 Å². The minimum absolute atomic E-state index is 0.236. The van der Waals surface area contributed by atoms with Gasteiger partial charge in [0.25, 0.3) is 0 Å². The lowest BCUT2D eigenvalue weighted by molar-refractivity contribution is 0.437. The van der Waals surface area contributed by atoms with E-state index in [1.807, 2.05) is 0 Å². The molecule has 0 aromatic heterocycles. The van der Waals surface area contributed by atoms with Crippen molar-refractivity contribution >= 4 is 18.2 Å². The summed E-state index contributed by atoms with van der Waals surface area (Å²) >= 11 is 0. The Hall–Kier alpha value is -1.86. The van der Waals surface area contributed by atoms with E-state index in [2.05, 4.69) is 15.0 Å². The van der Waals surface area contributed by atoms with Crippen LogP contribution in [0.25, 0.3) is 0 Å². The lowest BCUT2D eigenvalue weighted by Crippen LogP contribution is -2.06. The molecule has 0 aliphatic rings. The largest absolute Gasteiger partial charge is 0.234 e. The monoisotopic (exact) mass is 237 g/mol. The molecule has 0 spiro atoms. The molecule has 0 fully saturated rings. The van der Waals surface area contributed by atoms with Crippen molar-refractivity contribution in [1.29, 1.82) is 0 Å². The van der Waals surface area contributed by atoms with Gasteiger partial charge in [0.15, 0.2) is 0 Å². The van der Waals surface area contributed by atoms with E-state index in [4.69, 9.17) is 0 Å². The van der Waals surface area contributed by atoms with Crippen molar-refractivity contribution in [3.8, 4) is 0 Å². The maximum atomic E-state index is 10.0. The molecular weight excluding hydrogens is 222 g/mol. The second-order valence-corrected chi connectivity index (χ2v) is 3.53. The number of hydrogen-bond acceptors (Lipinski definition) is 6. The van der Waals surface area contributed by atoms with Crippen molar-refractivity contribution in [2.24, 2.45) is 20.9 Å². The van der Waals surface area contributed by atoms with Crippen LogP contribution in [0, 0.1) is 5.92 Å². The molecule has 0 saturated carbocycles. The first-order chi connectivity index (χ1) is 8.35. The van der Waals surface area contributed by atoms with Crippen LogP contribution >= 0.6 is 0 Å². The van der Waals surface area contributed by atoms with Crippen LogP contribution in [0.15, 0.2) is 15.0 Å². The second kappa shape index (κ2) is 12.2. The normalized spacial score (nSPS) is 10.6. The molecule has 0 amide bonds. The molecule has 0 saturated heterocycles. The topological polar surface area (TPSA) is 88.3 Å².